The standard InChI is InChI=1S/C17H20O4/c1-3-19-15-9-12-11-7-5-6-8-14(11)21-16(12)10-13(15)17(18)20-4-2/h5-9,13,15-16H,3-4,10H2,1-2H3/t13-,15-,16-/m1/s1. The van der Waals surface area contributed by atoms with E-state index < -0.39 is 0 Å². The number of para-hydroxylation sites is 1. The minimum Gasteiger partial charge on any atom is -0.485 e. The summed E-state index contributed by atoms with van der Waals surface area (Å²) in [6.45, 7) is 4.71. The van der Waals surface area contributed by atoms with Crippen molar-refractivity contribution in [3.63, 3.8) is 0 Å². The second-order valence-corrected chi connectivity index (χ2v) is 5.24. The van der Waals surface area contributed by atoms with Gasteiger partial charge in [-0.15, -0.1) is 0 Å². The summed E-state index contributed by atoms with van der Waals surface area (Å²) in [7, 11) is 0. The summed E-state index contributed by atoms with van der Waals surface area (Å²) in [5.41, 5.74) is 2.24. The molecule has 112 valence electrons. The van der Waals surface area contributed by atoms with Crippen LogP contribution < -0.4 is 4.74 Å². The van der Waals surface area contributed by atoms with Gasteiger partial charge in [-0.25, -0.2) is 0 Å². The molecule has 1 aliphatic carbocycles. The molecule has 1 aromatic carbocycles. The first-order chi connectivity index (χ1) is 10.2. The lowest BCUT2D eigenvalue weighted by atomic mass is 9.83. The first-order valence-electron chi connectivity index (χ1n) is 7.50. The lowest BCUT2D eigenvalue weighted by Gasteiger charge is -2.30. The van der Waals surface area contributed by atoms with Crippen molar-refractivity contribution in [1.29, 1.82) is 0 Å². The third-order valence-electron chi connectivity index (χ3n) is 3.97. The monoisotopic (exact) mass is 288 g/mol. The van der Waals surface area contributed by atoms with Gasteiger partial charge in [-0.3, -0.25) is 4.79 Å². The number of hydrogen-bond acceptors (Lipinski definition) is 4. The van der Waals surface area contributed by atoms with Crippen molar-refractivity contribution in [2.24, 2.45) is 5.92 Å². The lowest BCUT2D eigenvalue weighted by molar-refractivity contribution is -0.153. The number of hydrogen-bond donors (Lipinski definition) is 0. The van der Waals surface area contributed by atoms with Crippen LogP contribution in [0, 0.1) is 5.92 Å². The fourth-order valence-electron chi connectivity index (χ4n) is 3.06. The summed E-state index contributed by atoms with van der Waals surface area (Å²) in [5.74, 6) is 0.382. The summed E-state index contributed by atoms with van der Waals surface area (Å²) in [4.78, 5) is 12.2. The highest BCUT2D eigenvalue weighted by Crippen LogP contribution is 2.43. The Bertz CT molecular complexity index is 564. The van der Waals surface area contributed by atoms with E-state index in [0.29, 0.717) is 19.6 Å². The fourth-order valence-corrected chi connectivity index (χ4v) is 3.06. The molecule has 1 aliphatic heterocycles. The quantitative estimate of drug-likeness (QED) is 0.799. The lowest BCUT2D eigenvalue weighted by Crippen LogP contribution is -2.38. The van der Waals surface area contributed by atoms with Crippen LogP contribution in [-0.4, -0.2) is 31.4 Å². The van der Waals surface area contributed by atoms with Crippen LogP contribution in [-0.2, 0) is 14.3 Å². The molecule has 0 saturated carbocycles. The van der Waals surface area contributed by atoms with E-state index in [1.165, 1.54) is 0 Å². The molecule has 4 nitrogen and oxygen atoms in total. The number of esters is 1. The van der Waals surface area contributed by atoms with Crippen molar-refractivity contribution in [2.75, 3.05) is 13.2 Å². The van der Waals surface area contributed by atoms with Crippen LogP contribution in [0.3, 0.4) is 0 Å². The molecule has 3 rings (SSSR count). The number of carbonyl (C=O) groups is 1. The molecule has 0 N–H and O–H groups in total. The molecule has 4 heteroatoms. The molecule has 0 spiro atoms. The normalized spacial score (nSPS) is 26.4. The Kier molecular flexibility index (Phi) is 3.97. The largest absolute Gasteiger partial charge is 0.485 e. The Labute approximate surface area is 124 Å². The summed E-state index contributed by atoms with van der Waals surface area (Å²) in [5, 5.41) is 0. The molecule has 0 bridgehead atoms. The third kappa shape index (κ3) is 2.56. The number of fused-ring (bicyclic) bond motifs is 3. The second-order valence-electron chi connectivity index (χ2n) is 5.24. The van der Waals surface area contributed by atoms with Crippen molar-refractivity contribution < 1.29 is 19.0 Å². The molecule has 0 radical (unpaired) electrons. The van der Waals surface area contributed by atoms with E-state index in [-0.39, 0.29) is 24.1 Å². The van der Waals surface area contributed by atoms with Gasteiger partial charge in [0.25, 0.3) is 0 Å². The number of ether oxygens (including phenoxy) is 3. The summed E-state index contributed by atoms with van der Waals surface area (Å²) in [6, 6.07) is 7.97. The average Bonchev–Trinajstić information content (AvgIpc) is 2.85. The van der Waals surface area contributed by atoms with Gasteiger partial charge in [0, 0.05) is 24.2 Å². The first kappa shape index (κ1) is 14.1. The molecule has 0 unspecified atom stereocenters. The van der Waals surface area contributed by atoms with Crippen LogP contribution in [0.15, 0.2) is 30.3 Å². The Hall–Kier alpha value is -1.81. The molecule has 1 heterocycles. The van der Waals surface area contributed by atoms with E-state index in [4.69, 9.17) is 14.2 Å². The average molecular weight is 288 g/mol. The molecule has 21 heavy (non-hydrogen) atoms. The molecular formula is C17H20O4. The fraction of sp³-hybridized carbons (Fsp3) is 0.471. The molecule has 0 fully saturated rings. The van der Waals surface area contributed by atoms with Crippen LogP contribution in [0.4, 0.5) is 0 Å². The van der Waals surface area contributed by atoms with Gasteiger partial charge >= 0.3 is 5.97 Å². The first-order valence-corrected chi connectivity index (χ1v) is 7.50. The minimum atomic E-state index is -0.298. The summed E-state index contributed by atoms with van der Waals surface area (Å²) >= 11 is 0. The van der Waals surface area contributed by atoms with Crippen LogP contribution in [0.25, 0.3) is 5.57 Å². The maximum absolute atomic E-state index is 12.2. The van der Waals surface area contributed by atoms with E-state index in [0.717, 1.165) is 16.9 Å². The van der Waals surface area contributed by atoms with Crippen LogP contribution in [0.2, 0.25) is 0 Å². The van der Waals surface area contributed by atoms with Crippen molar-refractivity contribution in [3.8, 4) is 5.75 Å². The molecule has 3 atom stereocenters. The summed E-state index contributed by atoms with van der Waals surface area (Å²) < 4.78 is 16.9. The number of carbonyl (C=O) groups excluding carboxylic acids is 1. The Morgan fingerprint density at radius 2 is 2.10 bits per heavy atom. The van der Waals surface area contributed by atoms with Gasteiger partial charge in [0.05, 0.1) is 18.6 Å². The maximum Gasteiger partial charge on any atom is 0.312 e. The van der Waals surface area contributed by atoms with E-state index in [1.54, 1.807) is 0 Å². The molecule has 2 aliphatic rings. The molecule has 1 aromatic rings. The number of benzene rings is 1. The minimum absolute atomic E-state index is 0.0755. The van der Waals surface area contributed by atoms with E-state index >= 15 is 0 Å². The van der Waals surface area contributed by atoms with Gasteiger partial charge in [0.15, 0.2) is 0 Å². The molecule has 0 saturated heterocycles. The van der Waals surface area contributed by atoms with Crippen LogP contribution in [0.5, 0.6) is 5.75 Å². The van der Waals surface area contributed by atoms with Crippen LogP contribution in [0.1, 0.15) is 25.8 Å². The van der Waals surface area contributed by atoms with Gasteiger partial charge in [-0.05, 0) is 26.0 Å². The highest BCUT2D eigenvalue weighted by Gasteiger charge is 2.41. The second kappa shape index (κ2) is 5.90. The van der Waals surface area contributed by atoms with Crippen molar-refractivity contribution in [3.05, 3.63) is 35.9 Å². The highest BCUT2D eigenvalue weighted by atomic mass is 16.5. The SMILES string of the molecule is CCOC(=O)[C@@H]1C[C@H]2Oc3ccccc3C2=C[C@H]1OCC. The van der Waals surface area contributed by atoms with Gasteiger partial charge in [-0.2, -0.15) is 0 Å². The van der Waals surface area contributed by atoms with Gasteiger partial charge in [-0.1, -0.05) is 18.2 Å². The topological polar surface area (TPSA) is 44.8 Å². The molecule has 0 aromatic heterocycles. The zero-order valence-corrected chi connectivity index (χ0v) is 12.4. The molecular weight excluding hydrogens is 268 g/mol. The van der Waals surface area contributed by atoms with Crippen molar-refractivity contribution in [2.45, 2.75) is 32.5 Å². The van der Waals surface area contributed by atoms with E-state index in [1.807, 2.05) is 38.1 Å². The van der Waals surface area contributed by atoms with Gasteiger partial charge in [0.2, 0.25) is 0 Å². The summed E-state index contributed by atoms with van der Waals surface area (Å²) in [6.07, 6.45) is 2.32. The smallest absolute Gasteiger partial charge is 0.312 e. The van der Waals surface area contributed by atoms with Crippen molar-refractivity contribution >= 4 is 11.5 Å². The zero-order chi connectivity index (χ0) is 14.8. The van der Waals surface area contributed by atoms with Gasteiger partial charge in [0.1, 0.15) is 11.9 Å². The van der Waals surface area contributed by atoms with E-state index in [9.17, 15) is 4.79 Å². The molecule has 0 amide bonds. The number of rotatable bonds is 4. The predicted octanol–water partition coefficient (Wildman–Crippen LogP) is 2.82. The van der Waals surface area contributed by atoms with Gasteiger partial charge < -0.3 is 14.2 Å². The van der Waals surface area contributed by atoms with Crippen LogP contribution >= 0.6 is 0 Å². The Morgan fingerprint density at radius 3 is 2.86 bits per heavy atom. The predicted molar refractivity (Wildman–Crippen MR) is 79.0 cm³/mol. The highest BCUT2D eigenvalue weighted by molar-refractivity contribution is 5.82. The zero-order valence-electron chi connectivity index (χ0n) is 12.4. The maximum atomic E-state index is 12.2. The Balaban J connectivity index is 1.90. The Morgan fingerprint density at radius 1 is 1.29 bits per heavy atom. The third-order valence-corrected chi connectivity index (χ3v) is 3.97. The van der Waals surface area contributed by atoms with E-state index in [2.05, 4.69) is 6.07 Å². The van der Waals surface area contributed by atoms with Crippen molar-refractivity contribution in [1.82, 2.24) is 0 Å².